The van der Waals surface area contributed by atoms with Gasteiger partial charge in [0.2, 0.25) is 5.91 Å². The van der Waals surface area contributed by atoms with Crippen molar-refractivity contribution < 1.29 is 23.9 Å². The Morgan fingerprint density at radius 1 is 1.09 bits per heavy atom. The fraction of sp³-hybridized carbons (Fsp3) is 0.375. The molecule has 0 radical (unpaired) electrons. The fourth-order valence-electron chi connectivity index (χ4n) is 3.87. The fourth-order valence-corrected chi connectivity index (χ4v) is 4.00. The van der Waals surface area contributed by atoms with Crippen molar-refractivity contribution in [1.29, 1.82) is 0 Å². The highest BCUT2D eigenvalue weighted by Gasteiger charge is 2.28. The van der Waals surface area contributed by atoms with Crippen molar-refractivity contribution >= 4 is 34.9 Å². The highest BCUT2D eigenvalue weighted by molar-refractivity contribution is 6.30. The van der Waals surface area contributed by atoms with Crippen LogP contribution in [0.4, 0.5) is 5.69 Å². The molecule has 33 heavy (non-hydrogen) atoms. The number of ketones is 1. The van der Waals surface area contributed by atoms with Crippen LogP contribution < -0.4 is 19.7 Å². The maximum absolute atomic E-state index is 12.7. The highest BCUT2D eigenvalue weighted by atomic mass is 35.5. The number of rotatable bonds is 9. The molecule has 0 saturated carbocycles. The van der Waals surface area contributed by atoms with E-state index >= 15 is 0 Å². The first-order valence-corrected chi connectivity index (χ1v) is 11.4. The molecule has 0 aliphatic carbocycles. The third-order valence-electron chi connectivity index (χ3n) is 5.66. The van der Waals surface area contributed by atoms with Gasteiger partial charge in [-0.1, -0.05) is 11.6 Å². The maximum Gasteiger partial charge on any atom is 0.265 e. The molecule has 0 bridgehead atoms. The number of likely N-dealkylation sites (tertiary alicyclic amines) is 1. The number of Topliss-reactive ketones (excluding diaryl/α,β-unsaturated/α-hetero) is 1. The Hall–Kier alpha value is -3.10. The highest BCUT2D eigenvalue weighted by Crippen LogP contribution is 2.33. The van der Waals surface area contributed by atoms with Crippen LogP contribution in [0.5, 0.6) is 11.5 Å². The Labute approximate surface area is 197 Å². The lowest BCUT2D eigenvalue weighted by molar-refractivity contribution is -0.125. The van der Waals surface area contributed by atoms with Crippen LogP contribution in [0.1, 0.15) is 23.2 Å². The summed E-state index contributed by atoms with van der Waals surface area (Å²) < 4.78 is 11.0. The van der Waals surface area contributed by atoms with Gasteiger partial charge in [-0.15, -0.1) is 0 Å². The van der Waals surface area contributed by atoms with Crippen LogP contribution in [-0.2, 0) is 9.59 Å². The van der Waals surface area contributed by atoms with Crippen molar-refractivity contribution in [3.05, 3.63) is 53.1 Å². The van der Waals surface area contributed by atoms with Crippen LogP contribution in [-0.4, -0.2) is 68.4 Å². The summed E-state index contributed by atoms with van der Waals surface area (Å²) in [6.45, 7) is 2.99. The summed E-state index contributed by atoms with van der Waals surface area (Å²) >= 11 is 5.86. The average molecular weight is 472 g/mol. The summed E-state index contributed by atoms with van der Waals surface area (Å²) in [5, 5.41) is 3.45. The number of carbonyl (C=O) groups excluding carboxylic acids is 3. The predicted molar refractivity (Wildman–Crippen MR) is 124 cm³/mol. The van der Waals surface area contributed by atoms with E-state index in [1.54, 1.807) is 42.5 Å². The maximum atomic E-state index is 12.7. The van der Waals surface area contributed by atoms with Gasteiger partial charge in [0.25, 0.3) is 5.91 Å². The Kier molecular flexibility index (Phi) is 7.47. The van der Waals surface area contributed by atoms with E-state index in [0.29, 0.717) is 34.3 Å². The van der Waals surface area contributed by atoms with Crippen molar-refractivity contribution in [1.82, 2.24) is 10.2 Å². The van der Waals surface area contributed by atoms with Gasteiger partial charge in [-0.2, -0.15) is 0 Å². The lowest BCUT2D eigenvalue weighted by Crippen LogP contribution is -2.46. The van der Waals surface area contributed by atoms with Gasteiger partial charge < -0.3 is 19.7 Å². The summed E-state index contributed by atoms with van der Waals surface area (Å²) in [5.74, 6) is 0.129. The molecule has 174 valence electrons. The number of anilines is 1. The number of hydrogen-bond acceptors (Lipinski definition) is 6. The number of amides is 2. The Morgan fingerprint density at radius 3 is 2.61 bits per heavy atom. The van der Waals surface area contributed by atoms with Crippen molar-refractivity contribution in [2.24, 2.45) is 0 Å². The second-order valence-corrected chi connectivity index (χ2v) is 8.45. The second-order valence-electron chi connectivity index (χ2n) is 8.02. The molecular weight excluding hydrogens is 446 g/mol. The zero-order chi connectivity index (χ0) is 23.2. The number of carbonyl (C=O) groups is 3. The smallest absolute Gasteiger partial charge is 0.265 e. The molecular formula is C24H26ClN3O5. The molecule has 2 amide bonds. The van der Waals surface area contributed by atoms with E-state index in [4.69, 9.17) is 21.1 Å². The lowest BCUT2D eigenvalue weighted by Gasteiger charge is -2.29. The molecule has 1 N–H and O–H groups in total. The topological polar surface area (TPSA) is 88.2 Å². The zero-order valence-electron chi connectivity index (χ0n) is 18.2. The molecule has 0 atom stereocenters. The molecule has 8 nitrogen and oxygen atoms in total. The Bertz CT molecular complexity index is 1020. The molecule has 9 heteroatoms. The molecule has 2 aliphatic heterocycles. The van der Waals surface area contributed by atoms with Crippen LogP contribution >= 0.6 is 11.6 Å². The summed E-state index contributed by atoms with van der Waals surface area (Å²) in [4.78, 5) is 41.3. The summed E-state index contributed by atoms with van der Waals surface area (Å²) in [7, 11) is 0. The van der Waals surface area contributed by atoms with Gasteiger partial charge in [0.05, 0.1) is 5.69 Å². The van der Waals surface area contributed by atoms with E-state index in [-0.39, 0.29) is 37.4 Å². The van der Waals surface area contributed by atoms with Crippen LogP contribution in [0.15, 0.2) is 42.5 Å². The van der Waals surface area contributed by atoms with Crippen molar-refractivity contribution in [3.63, 3.8) is 0 Å². The standard InChI is InChI=1S/C24H26ClN3O5/c25-18-4-6-19(7-5-18)32-15-21(29)17-3-8-22-20(13-17)28(24(31)16-33-22)14-23(30)26-9-12-27-10-1-2-11-27/h3-8,13H,1-2,9-12,14-16H2,(H,26,30). The van der Waals surface area contributed by atoms with Crippen molar-refractivity contribution in [2.45, 2.75) is 12.8 Å². The van der Waals surface area contributed by atoms with Gasteiger partial charge in [0.1, 0.15) is 18.0 Å². The van der Waals surface area contributed by atoms with Crippen LogP contribution in [0.25, 0.3) is 0 Å². The lowest BCUT2D eigenvalue weighted by atomic mass is 10.1. The first-order valence-electron chi connectivity index (χ1n) is 11.0. The Morgan fingerprint density at radius 2 is 1.85 bits per heavy atom. The SMILES string of the molecule is O=C(CN1C(=O)COc2ccc(C(=O)COc3ccc(Cl)cc3)cc21)NCCN1CCCC1. The van der Waals surface area contributed by atoms with E-state index in [2.05, 4.69) is 10.2 Å². The van der Waals surface area contributed by atoms with Crippen molar-refractivity contribution in [3.8, 4) is 11.5 Å². The molecule has 0 aromatic heterocycles. The number of ether oxygens (including phenoxy) is 2. The third-order valence-corrected chi connectivity index (χ3v) is 5.91. The number of benzene rings is 2. The van der Waals surface area contributed by atoms with Crippen LogP contribution in [0.2, 0.25) is 5.02 Å². The van der Waals surface area contributed by atoms with E-state index in [0.717, 1.165) is 19.6 Å². The largest absolute Gasteiger partial charge is 0.485 e. The van der Waals surface area contributed by atoms with Crippen LogP contribution in [0.3, 0.4) is 0 Å². The monoisotopic (exact) mass is 471 g/mol. The second kappa shape index (κ2) is 10.7. The third kappa shape index (κ3) is 6.03. The summed E-state index contributed by atoms with van der Waals surface area (Å²) in [6, 6.07) is 11.5. The quantitative estimate of drug-likeness (QED) is 0.565. The van der Waals surface area contributed by atoms with E-state index in [1.165, 1.54) is 17.7 Å². The molecule has 2 aliphatic rings. The van der Waals surface area contributed by atoms with E-state index in [1.807, 2.05) is 0 Å². The normalized spacial score (nSPS) is 15.7. The molecule has 0 unspecified atom stereocenters. The molecule has 2 aromatic carbocycles. The molecule has 0 spiro atoms. The first-order chi connectivity index (χ1) is 16.0. The number of halogens is 1. The van der Waals surface area contributed by atoms with E-state index in [9.17, 15) is 14.4 Å². The summed E-state index contributed by atoms with van der Waals surface area (Å²) in [5.41, 5.74) is 0.763. The minimum atomic E-state index is -0.334. The zero-order valence-corrected chi connectivity index (χ0v) is 19.0. The molecule has 4 rings (SSSR count). The van der Waals surface area contributed by atoms with Gasteiger partial charge in [0, 0.05) is 23.7 Å². The van der Waals surface area contributed by atoms with Gasteiger partial charge in [-0.25, -0.2) is 0 Å². The van der Waals surface area contributed by atoms with Crippen molar-refractivity contribution in [2.75, 3.05) is 50.8 Å². The number of nitrogens with zero attached hydrogens (tertiary/aromatic N) is 2. The molecule has 1 saturated heterocycles. The predicted octanol–water partition coefficient (Wildman–Crippen LogP) is 2.54. The molecule has 1 fully saturated rings. The number of hydrogen-bond donors (Lipinski definition) is 1. The first kappa shape index (κ1) is 23.1. The minimum absolute atomic E-state index is 0.131. The van der Waals surface area contributed by atoms with Gasteiger partial charge >= 0.3 is 0 Å². The average Bonchev–Trinajstić information content (AvgIpc) is 3.33. The van der Waals surface area contributed by atoms with Gasteiger partial charge in [-0.05, 0) is 68.4 Å². The summed E-state index contributed by atoms with van der Waals surface area (Å²) in [6.07, 6.45) is 2.39. The van der Waals surface area contributed by atoms with E-state index < -0.39 is 0 Å². The number of fused-ring (bicyclic) bond motifs is 1. The molecule has 2 heterocycles. The molecule has 2 aromatic rings. The number of nitrogens with one attached hydrogen (secondary N) is 1. The van der Waals surface area contributed by atoms with Gasteiger partial charge in [0.15, 0.2) is 19.0 Å². The van der Waals surface area contributed by atoms with Crippen LogP contribution in [0, 0.1) is 0 Å². The minimum Gasteiger partial charge on any atom is -0.485 e. The Balaban J connectivity index is 1.38. The van der Waals surface area contributed by atoms with Gasteiger partial charge in [-0.3, -0.25) is 19.3 Å².